The molecule has 0 saturated heterocycles. The second-order valence-electron chi connectivity index (χ2n) is 2.71. The highest BCUT2D eigenvalue weighted by molar-refractivity contribution is 14.1. The minimum absolute atomic E-state index is 0.394. The van der Waals surface area contributed by atoms with Crippen LogP contribution in [0.15, 0.2) is 11.1 Å². The van der Waals surface area contributed by atoms with E-state index in [9.17, 15) is 21.6 Å². The molecule has 0 atom stereocenters. The quantitative estimate of drug-likeness (QED) is 0.550. The fraction of sp³-hybridized carbons (Fsp3) is 0.143. The van der Waals surface area contributed by atoms with Crippen LogP contribution in [0.4, 0.5) is 13.2 Å². The molecular weight excluding hydrogens is 412 g/mol. The Balaban J connectivity index is 3.45. The number of rotatable bonds is 2. The maximum Gasteiger partial charge on any atom is 0.574 e. The van der Waals surface area contributed by atoms with Gasteiger partial charge in [-0.25, -0.2) is 13.4 Å². The van der Waals surface area contributed by atoms with Gasteiger partial charge in [-0.2, -0.15) is 5.26 Å². The first-order valence-corrected chi connectivity index (χ1v) is 7.24. The topological polar surface area (TPSA) is 80.0 Å². The van der Waals surface area contributed by atoms with Crippen LogP contribution in [-0.2, 0) is 9.05 Å². The lowest BCUT2D eigenvalue weighted by Gasteiger charge is -2.11. The molecule has 0 unspecified atom stereocenters. The van der Waals surface area contributed by atoms with Crippen LogP contribution >= 0.6 is 33.3 Å². The van der Waals surface area contributed by atoms with Gasteiger partial charge >= 0.3 is 6.36 Å². The summed E-state index contributed by atoms with van der Waals surface area (Å²) in [6.07, 6.45) is -4.47. The average Bonchev–Trinajstić information content (AvgIpc) is 2.17. The number of hydrogen-bond acceptors (Lipinski definition) is 5. The zero-order valence-electron chi connectivity index (χ0n) is 7.99. The van der Waals surface area contributed by atoms with Crippen LogP contribution in [0.2, 0.25) is 0 Å². The molecule has 0 aromatic carbocycles. The van der Waals surface area contributed by atoms with Crippen LogP contribution in [0.3, 0.4) is 0 Å². The normalized spacial score (nSPS) is 12.0. The van der Waals surface area contributed by atoms with Crippen LogP contribution in [0.25, 0.3) is 0 Å². The molecule has 1 aromatic rings. The lowest BCUT2D eigenvalue weighted by Crippen LogP contribution is -2.19. The maximum atomic E-state index is 12.0. The van der Waals surface area contributed by atoms with Crippen molar-refractivity contribution in [3.05, 3.63) is 15.3 Å². The summed E-state index contributed by atoms with van der Waals surface area (Å²) >= 11 is 1.31. The van der Waals surface area contributed by atoms with Crippen molar-refractivity contribution in [1.82, 2.24) is 4.98 Å². The second kappa shape index (κ2) is 5.06. The first-order chi connectivity index (χ1) is 8.06. The highest BCUT2D eigenvalue weighted by Crippen LogP contribution is 2.31. The molecule has 5 nitrogen and oxygen atoms in total. The van der Waals surface area contributed by atoms with Gasteiger partial charge in [-0.15, -0.1) is 13.2 Å². The molecule has 0 aliphatic rings. The first-order valence-electron chi connectivity index (χ1n) is 3.85. The summed E-state index contributed by atoms with van der Waals surface area (Å²) in [4.78, 5) is 2.50. The third kappa shape index (κ3) is 3.59. The smallest absolute Gasteiger partial charge is 0.387 e. The number of nitrogens with zero attached hydrogens (tertiary/aromatic N) is 2. The summed E-state index contributed by atoms with van der Waals surface area (Å²) in [6, 6.07) is 1.44. The molecule has 0 aliphatic carbocycles. The summed E-state index contributed by atoms with van der Waals surface area (Å²) in [6.45, 7) is 0. The third-order valence-corrected chi connectivity index (χ3v) is 3.87. The molecule has 0 N–H and O–H groups in total. The average molecular weight is 413 g/mol. The molecule has 1 heterocycles. The number of aromatic nitrogens is 1. The van der Waals surface area contributed by atoms with Gasteiger partial charge in [0.25, 0.3) is 9.05 Å². The van der Waals surface area contributed by atoms with Crippen molar-refractivity contribution in [2.75, 3.05) is 0 Å². The van der Waals surface area contributed by atoms with Crippen molar-refractivity contribution in [3.8, 4) is 11.9 Å². The van der Waals surface area contributed by atoms with E-state index in [1.807, 2.05) is 0 Å². The molecule has 1 aromatic heterocycles. The van der Waals surface area contributed by atoms with Crippen LogP contribution in [0.1, 0.15) is 5.56 Å². The fourth-order valence-corrected chi connectivity index (χ4v) is 2.69. The monoisotopic (exact) mass is 412 g/mol. The highest BCUT2D eigenvalue weighted by Gasteiger charge is 2.34. The Kier molecular flexibility index (Phi) is 4.29. The van der Waals surface area contributed by atoms with Gasteiger partial charge in [-0.3, -0.25) is 0 Å². The van der Waals surface area contributed by atoms with Crippen molar-refractivity contribution < 1.29 is 26.3 Å². The van der Waals surface area contributed by atoms with Crippen molar-refractivity contribution in [3.63, 3.8) is 0 Å². The van der Waals surface area contributed by atoms with Gasteiger partial charge in [0.2, 0.25) is 5.88 Å². The molecule has 11 heteroatoms. The molecule has 0 radical (unpaired) electrons. The zero-order chi connectivity index (χ0) is 14.1. The van der Waals surface area contributed by atoms with Crippen LogP contribution in [0, 0.1) is 14.9 Å². The summed E-state index contributed by atoms with van der Waals surface area (Å²) in [5, 5.41) is 8.74. The predicted molar refractivity (Wildman–Crippen MR) is 61.4 cm³/mol. The van der Waals surface area contributed by atoms with E-state index in [0.29, 0.717) is 6.20 Å². The third-order valence-electron chi connectivity index (χ3n) is 1.54. The lowest BCUT2D eigenvalue weighted by atomic mass is 10.3. The van der Waals surface area contributed by atoms with E-state index in [2.05, 4.69) is 9.72 Å². The van der Waals surface area contributed by atoms with Crippen molar-refractivity contribution in [2.45, 2.75) is 11.3 Å². The standard InChI is InChI=1S/C7HClF3IN2O3S/c8-18(15,16)4-2-14-6(17-7(9,10)11)5(12)3(4)1-13/h2H. The lowest BCUT2D eigenvalue weighted by molar-refractivity contribution is -0.276. The Morgan fingerprint density at radius 3 is 2.44 bits per heavy atom. The van der Waals surface area contributed by atoms with Gasteiger partial charge in [0.1, 0.15) is 11.0 Å². The van der Waals surface area contributed by atoms with Gasteiger partial charge in [0.15, 0.2) is 0 Å². The Bertz CT molecular complexity index is 626. The van der Waals surface area contributed by atoms with E-state index in [0.717, 1.165) is 0 Å². The predicted octanol–water partition coefficient (Wildman–Crippen LogP) is 2.38. The summed E-state index contributed by atoms with van der Waals surface area (Å²) in [7, 11) is 0.732. The van der Waals surface area contributed by atoms with Gasteiger partial charge in [-0.05, 0) is 22.6 Å². The number of hydrogen-bond donors (Lipinski definition) is 0. The van der Waals surface area contributed by atoms with Crippen LogP contribution < -0.4 is 4.74 Å². The Hall–Kier alpha value is -0.800. The van der Waals surface area contributed by atoms with E-state index in [4.69, 9.17) is 15.9 Å². The fourth-order valence-electron chi connectivity index (χ4n) is 0.923. The van der Waals surface area contributed by atoms with Crippen molar-refractivity contribution in [1.29, 1.82) is 5.26 Å². The molecule has 0 saturated carbocycles. The largest absolute Gasteiger partial charge is 0.574 e. The van der Waals surface area contributed by atoms with E-state index in [1.54, 1.807) is 0 Å². The number of pyridine rings is 1. The number of halogens is 5. The maximum absolute atomic E-state index is 12.0. The van der Waals surface area contributed by atoms with Gasteiger partial charge in [0, 0.05) is 10.7 Å². The van der Waals surface area contributed by atoms with Crippen LogP contribution in [-0.4, -0.2) is 19.8 Å². The number of nitriles is 1. The molecule has 18 heavy (non-hydrogen) atoms. The Morgan fingerprint density at radius 1 is 1.50 bits per heavy atom. The Morgan fingerprint density at radius 2 is 2.06 bits per heavy atom. The highest BCUT2D eigenvalue weighted by atomic mass is 127. The molecular formula is C7HClF3IN2O3S. The molecule has 0 amide bonds. The minimum atomic E-state index is -5.00. The number of alkyl halides is 3. The van der Waals surface area contributed by atoms with E-state index >= 15 is 0 Å². The molecule has 1 rings (SSSR count). The molecule has 0 aliphatic heterocycles. The van der Waals surface area contributed by atoms with E-state index in [-0.39, 0.29) is 0 Å². The SMILES string of the molecule is N#Cc1c(S(=O)(=O)Cl)cnc(OC(F)(F)F)c1I. The second-order valence-corrected chi connectivity index (χ2v) is 6.33. The molecule has 0 fully saturated rings. The van der Waals surface area contributed by atoms with Gasteiger partial charge < -0.3 is 4.74 Å². The van der Waals surface area contributed by atoms with Crippen molar-refractivity contribution in [2.24, 2.45) is 0 Å². The van der Waals surface area contributed by atoms with Crippen molar-refractivity contribution >= 4 is 42.3 Å². The number of ether oxygens (including phenoxy) is 1. The van der Waals surface area contributed by atoms with E-state index in [1.165, 1.54) is 28.7 Å². The van der Waals surface area contributed by atoms with Gasteiger partial charge in [0.05, 0.1) is 15.3 Å². The van der Waals surface area contributed by atoms with Gasteiger partial charge in [-0.1, -0.05) is 0 Å². The first kappa shape index (κ1) is 15.3. The zero-order valence-corrected chi connectivity index (χ0v) is 11.7. The molecule has 0 bridgehead atoms. The van der Waals surface area contributed by atoms with Crippen LogP contribution in [0.5, 0.6) is 5.88 Å². The minimum Gasteiger partial charge on any atom is -0.387 e. The summed E-state index contributed by atoms with van der Waals surface area (Å²) < 4.78 is 61.3. The van der Waals surface area contributed by atoms with E-state index < -0.39 is 35.3 Å². The Labute approximate surface area is 117 Å². The summed E-state index contributed by atoms with van der Waals surface area (Å²) in [5.41, 5.74) is -0.556. The molecule has 0 spiro atoms. The summed E-state index contributed by atoms with van der Waals surface area (Å²) in [5.74, 6) is -0.913. The molecule has 98 valence electrons.